The zero-order valence-electron chi connectivity index (χ0n) is 7.33. The van der Waals surface area contributed by atoms with Crippen molar-refractivity contribution in [2.75, 3.05) is 6.79 Å². The first-order chi connectivity index (χ1) is 6.31. The van der Waals surface area contributed by atoms with Gasteiger partial charge in [0.2, 0.25) is 6.79 Å². The van der Waals surface area contributed by atoms with Crippen LogP contribution < -0.4 is 9.47 Å². The van der Waals surface area contributed by atoms with Crippen molar-refractivity contribution < 1.29 is 9.47 Å². The maximum atomic E-state index is 8.57. The lowest BCUT2D eigenvalue weighted by molar-refractivity contribution is 0.174. The van der Waals surface area contributed by atoms with Crippen molar-refractivity contribution in [3.63, 3.8) is 0 Å². The van der Waals surface area contributed by atoms with Crippen LogP contribution in [0.25, 0.3) is 0 Å². The molecule has 0 saturated carbocycles. The zero-order valence-corrected chi connectivity index (χ0v) is 7.33. The lowest BCUT2D eigenvalue weighted by Gasteiger charge is -2.02. The number of hydrogen-bond acceptors (Lipinski definition) is 3. The van der Waals surface area contributed by atoms with Crippen LogP contribution in [0.4, 0.5) is 0 Å². The molecule has 0 N–H and O–H groups in total. The molecule has 0 saturated heterocycles. The molecule has 0 bridgehead atoms. The van der Waals surface area contributed by atoms with Crippen LogP contribution in [0, 0.1) is 18.3 Å². The second-order valence-electron chi connectivity index (χ2n) is 2.97. The van der Waals surface area contributed by atoms with Gasteiger partial charge in [-0.05, 0) is 30.2 Å². The Morgan fingerprint density at radius 3 is 2.77 bits per heavy atom. The summed E-state index contributed by atoms with van der Waals surface area (Å²) >= 11 is 0. The van der Waals surface area contributed by atoms with Gasteiger partial charge in [-0.1, -0.05) is 0 Å². The summed E-state index contributed by atoms with van der Waals surface area (Å²) in [5.41, 5.74) is 2.08. The van der Waals surface area contributed by atoms with Gasteiger partial charge in [-0.2, -0.15) is 5.26 Å². The quantitative estimate of drug-likeness (QED) is 0.653. The Hall–Kier alpha value is -1.69. The van der Waals surface area contributed by atoms with E-state index in [0.29, 0.717) is 6.42 Å². The second-order valence-corrected chi connectivity index (χ2v) is 2.97. The Morgan fingerprint density at radius 1 is 1.38 bits per heavy atom. The molecule has 0 radical (unpaired) electrons. The van der Waals surface area contributed by atoms with Crippen LogP contribution in [-0.2, 0) is 6.42 Å². The van der Waals surface area contributed by atoms with Gasteiger partial charge in [0.25, 0.3) is 0 Å². The van der Waals surface area contributed by atoms with Gasteiger partial charge < -0.3 is 9.47 Å². The fourth-order valence-electron chi connectivity index (χ4n) is 1.36. The number of hydrogen-bond donors (Lipinski definition) is 0. The minimum Gasteiger partial charge on any atom is -0.454 e. The van der Waals surface area contributed by atoms with Crippen molar-refractivity contribution in [2.24, 2.45) is 0 Å². The molecular formula is C10H9NO2. The maximum absolute atomic E-state index is 8.57. The molecule has 3 nitrogen and oxygen atoms in total. The molecule has 3 heteroatoms. The molecule has 66 valence electrons. The molecule has 0 fully saturated rings. The zero-order chi connectivity index (χ0) is 9.26. The molecule has 1 aliphatic heterocycles. The number of aryl methyl sites for hydroxylation is 1. The van der Waals surface area contributed by atoms with Crippen molar-refractivity contribution in [3.8, 4) is 17.6 Å². The molecule has 0 atom stereocenters. The lowest BCUT2D eigenvalue weighted by Crippen LogP contribution is -1.92. The SMILES string of the molecule is Cc1cc2c(cc1CC#N)OCO2. The number of fused-ring (bicyclic) bond motifs is 1. The van der Waals surface area contributed by atoms with E-state index in [1.807, 2.05) is 19.1 Å². The minimum atomic E-state index is 0.283. The first-order valence-corrected chi connectivity index (χ1v) is 4.07. The Labute approximate surface area is 76.5 Å². The monoisotopic (exact) mass is 175 g/mol. The van der Waals surface area contributed by atoms with E-state index in [-0.39, 0.29) is 6.79 Å². The molecule has 1 heterocycles. The largest absolute Gasteiger partial charge is 0.454 e. The van der Waals surface area contributed by atoms with Crippen molar-refractivity contribution >= 4 is 0 Å². The minimum absolute atomic E-state index is 0.283. The van der Waals surface area contributed by atoms with Crippen LogP contribution in [0.5, 0.6) is 11.5 Å². The molecule has 1 aromatic carbocycles. The summed E-state index contributed by atoms with van der Waals surface area (Å²) < 4.78 is 10.4. The third-order valence-electron chi connectivity index (χ3n) is 2.10. The summed E-state index contributed by atoms with van der Waals surface area (Å²) in [4.78, 5) is 0. The molecule has 2 rings (SSSR count). The number of nitriles is 1. The Kier molecular flexibility index (Phi) is 1.82. The van der Waals surface area contributed by atoms with E-state index in [0.717, 1.165) is 22.6 Å². The van der Waals surface area contributed by atoms with Crippen LogP contribution >= 0.6 is 0 Å². The van der Waals surface area contributed by atoms with Crippen molar-refractivity contribution in [1.82, 2.24) is 0 Å². The fraction of sp³-hybridized carbons (Fsp3) is 0.300. The summed E-state index contributed by atoms with van der Waals surface area (Å²) in [6, 6.07) is 5.91. The predicted molar refractivity (Wildman–Crippen MR) is 46.6 cm³/mol. The molecule has 0 aromatic heterocycles. The van der Waals surface area contributed by atoms with Crippen LogP contribution in [-0.4, -0.2) is 6.79 Å². The second kappa shape index (κ2) is 2.98. The average Bonchev–Trinajstić information content (AvgIpc) is 2.52. The number of ether oxygens (including phenoxy) is 2. The Bertz CT molecular complexity index is 379. The highest BCUT2D eigenvalue weighted by atomic mass is 16.7. The van der Waals surface area contributed by atoms with E-state index in [2.05, 4.69) is 6.07 Å². The molecule has 0 aliphatic carbocycles. The first-order valence-electron chi connectivity index (χ1n) is 4.07. The van der Waals surface area contributed by atoms with E-state index in [1.54, 1.807) is 0 Å². The van der Waals surface area contributed by atoms with E-state index >= 15 is 0 Å². The molecule has 13 heavy (non-hydrogen) atoms. The van der Waals surface area contributed by atoms with E-state index in [9.17, 15) is 0 Å². The lowest BCUT2D eigenvalue weighted by atomic mass is 10.1. The van der Waals surface area contributed by atoms with E-state index in [1.165, 1.54) is 0 Å². The van der Waals surface area contributed by atoms with Gasteiger partial charge >= 0.3 is 0 Å². The fourth-order valence-corrected chi connectivity index (χ4v) is 1.36. The van der Waals surface area contributed by atoms with Gasteiger partial charge in [0, 0.05) is 0 Å². The molecular weight excluding hydrogens is 166 g/mol. The standard InChI is InChI=1S/C10H9NO2/c1-7-4-9-10(13-6-12-9)5-8(7)2-3-11/h4-5H,2,6H2,1H3. The highest BCUT2D eigenvalue weighted by Crippen LogP contribution is 2.34. The normalized spacial score (nSPS) is 12.6. The molecule has 1 aromatic rings. The predicted octanol–water partition coefficient (Wildman–Crippen LogP) is 1.79. The Morgan fingerprint density at radius 2 is 2.08 bits per heavy atom. The summed E-state index contributed by atoms with van der Waals surface area (Å²) in [6.45, 7) is 2.25. The van der Waals surface area contributed by atoms with Crippen LogP contribution in [0.1, 0.15) is 11.1 Å². The third-order valence-corrected chi connectivity index (χ3v) is 2.10. The van der Waals surface area contributed by atoms with Crippen molar-refractivity contribution in [2.45, 2.75) is 13.3 Å². The van der Waals surface area contributed by atoms with Crippen molar-refractivity contribution in [3.05, 3.63) is 23.3 Å². The summed E-state index contributed by atoms with van der Waals surface area (Å²) in [6.07, 6.45) is 0.419. The third kappa shape index (κ3) is 1.31. The smallest absolute Gasteiger partial charge is 0.231 e. The van der Waals surface area contributed by atoms with Gasteiger partial charge in [0.15, 0.2) is 11.5 Å². The maximum Gasteiger partial charge on any atom is 0.231 e. The molecule has 0 unspecified atom stereocenters. The van der Waals surface area contributed by atoms with Gasteiger partial charge in [0.1, 0.15) is 0 Å². The van der Waals surface area contributed by atoms with E-state index in [4.69, 9.17) is 14.7 Å². The highest BCUT2D eigenvalue weighted by molar-refractivity contribution is 5.48. The summed E-state index contributed by atoms with van der Waals surface area (Å²) in [5.74, 6) is 1.52. The van der Waals surface area contributed by atoms with Crippen LogP contribution in [0.2, 0.25) is 0 Å². The summed E-state index contributed by atoms with van der Waals surface area (Å²) in [5, 5.41) is 8.57. The van der Waals surface area contributed by atoms with Crippen LogP contribution in [0.3, 0.4) is 0 Å². The van der Waals surface area contributed by atoms with Gasteiger partial charge in [-0.3, -0.25) is 0 Å². The highest BCUT2D eigenvalue weighted by Gasteiger charge is 2.14. The average molecular weight is 175 g/mol. The van der Waals surface area contributed by atoms with Gasteiger partial charge in [0.05, 0.1) is 12.5 Å². The number of benzene rings is 1. The molecule has 1 aliphatic rings. The number of rotatable bonds is 1. The number of nitrogens with zero attached hydrogens (tertiary/aromatic N) is 1. The Balaban J connectivity index is 2.44. The first kappa shape index (κ1) is 7.93. The van der Waals surface area contributed by atoms with Gasteiger partial charge in [-0.15, -0.1) is 0 Å². The molecule has 0 amide bonds. The topological polar surface area (TPSA) is 42.2 Å². The van der Waals surface area contributed by atoms with Gasteiger partial charge in [-0.25, -0.2) is 0 Å². The van der Waals surface area contributed by atoms with E-state index < -0.39 is 0 Å². The van der Waals surface area contributed by atoms with Crippen molar-refractivity contribution in [1.29, 1.82) is 5.26 Å². The summed E-state index contributed by atoms with van der Waals surface area (Å²) in [7, 11) is 0. The molecule has 0 spiro atoms. The van der Waals surface area contributed by atoms with Crippen LogP contribution in [0.15, 0.2) is 12.1 Å².